The Balaban J connectivity index is 2.37. The fourth-order valence-electron chi connectivity index (χ4n) is 1.56. The molecule has 0 spiro atoms. The van der Waals surface area contributed by atoms with Gasteiger partial charge in [0.05, 0.1) is 18.2 Å². The van der Waals surface area contributed by atoms with E-state index in [1.807, 2.05) is 0 Å². The van der Waals surface area contributed by atoms with Crippen molar-refractivity contribution in [2.24, 2.45) is 5.92 Å². The minimum atomic E-state index is -0.944. The van der Waals surface area contributed by atoms with E-state index in [1.165, 1.54) is 16.8 Å². The van der Waals surface area contributed by atoms with E-state index in [-0.39, 0.29) is 0 Å². The molecular weight excluding hydrogens is 253 g/mol. The number of rotatable bonds is 4. The molecule has 2 aromatic heterocycles. The normalized spacial score (nSPS) is 14.1. The molecule has 100 valence electrons. The van der Waals surface area contributed by atoms with Crippen molar-refractivity contribution in [1.29, 1.82) is 0 Å². The van der Waals surface area contributed by atoms with Gasteiger partial charge in [0.25, 0.3) is 0 Å². The average molecular weight is 265 g/mol. The number of hydrogen-bond donors (Lipinski definition) is 1. The fraction of sp³-hybridized carbons (Fsp3) is 0.364. The molecule has 8 heteroatoms. The second-order valence-electron chi connectivity index (χ2n) is 4.18. The smallest absolute Gasteiger partial charge is 0.308 e. The minimum absolute atomic E-state index is 0.306. The van der Waals surface area contributed by atoms with Crippen LogP contribution in [0.1, 0.15) is 19.9 Å². The van der Waals surface area contributed by atoms with Gasteiger partial charge in [0.15, 0.2) is 0 Å². The average Bonchev–Trinajstić information content (AvgIpc) is 2.87. The van der Waals surface area contributed by atoms with Gasteiger partial charge >= 0.3 is 5.97 Å². The Labute approximate surface area is 108 Å². The third-order valence-electron chi connectivity index (χ3n) is 2.95. The van der Waals surface area contributed by atoms with E-state index in [9.17, 15) is 9.18 Å². The van der Waals surface area contributed by atoms with Gasteiger partial charge in [0.1, 0.15) is 11.5 Å². The van der Waals surface area contributed by atoms with Crippen LogP contribution in [0.2, 0.25) is 0 Å². The first-order valence-corrected chi connectivity index (χ1v) is 5.63. The highest BCUT2D eigenvalue weighted by Crippen LogP contribution is 2.22. The molecule has 2 heterocycles. The first-order valence-electron chi connectivity index (χ1n) is 5.63. The van der Waals surface area contributed by atoms with Gasteiger partial charge < -0.3 is 5.11 Å². The van der Waals surface area contributed by atoms with Crippen molar-refractivity contribution in [1.82, 2.24) is 25.2 Å². The van der Waals surface area contributed by atoms with Crippen LogP contribution in [0, 0.1) is 11.7 Å². The van der Waals surface area contributed by atoms with E-state index in [1.54, 1.807) is 13.8 Å². The topological polar surface area (TPSA) is 93.8 Å². The van der Waals surface area contributed by atoms with Crippen LogP contribution < -0.4 is 0 Å². The Bertz CT molecular complexity index is 583. The largest absolute Gasteiger partial charge is 0.481 e. The standard InChI is InChI=1S/C11H12FN5O2/c1-6(11(18)19)7(2)17-10(14-15-16-17)9-4-3-8(12)5-13-9/h3-7H,1-2H3,(H,18,19). The first-order chi connectivity index (χ1) is 9.00. The van der Waals surface area contributed by atoms with Crippen LogP contribution >= 0.6 is 0 Å². The molecule has 2 atom stereocenters. The highest BCUT2D eigenvalue weighted by Gasteiger charge is 2.25. The zero-order valence-electron chi connectivity index (χ0n) is 10.4. The van der Waals surface area contributed by atoms with Gasteiger partial charge in [0.2, 0.25) is 5.82 Å². The Morgan fingerprint density at radius 1 is 1.42 bits per heavy atom. The molecule has 1 N–H and O–H groups in total. The summed E-state index contributed by atoms with van der Waals surface area (Å²) in [5, 5.41) is 20.1. The molecule has 0 saturated carbocycles. The monoisotopic (exact) mass is 265 g/mol. The van der Waals surface area contributed by atoms with Gasteiger partial charge in [-0.3, -0.25) is 4.79 Å². The first kappa shape index (κ1) is 13.1. The molecular formula is C11H12FN5O2. The molecule has 0 aliphatic rings. The summed E-state index contributed by atoms with van der Waals surface area (Å²) in [5.41, 5.74) is 0.385. The molecule has 19 heavy (non-hydrogen) atoms. The molecule has 2 aromatic rings. The van der Waals surface area contributed by atoms with Gasteiger partial charge in [-0.1, -0.05) is 0 Å². The van der Waals surface area contributed by atoms with Crippen LogP contribution in [0.4, 0.5) is 4.39 Å². The molecule has 0 aromatic carbocycles. The van der Waals surface area contributed by atoms with Crippen LogP contribution in [-0.2, 0) is 4.79 Å². The van der Waals surface area contributed by atoms with Crippen molar-refractivity contribution in [2.75, 3.05) is 0 Å². The van der Waals surface area contributed by atoms with Crippen molar-refractivity contribution in [3.05, 3.63) is 24.1 Å². The number of halogens is 1. The fourth-order valence-corrected chi connectivity index (χ4v) is 1.56. The number of carbonyl (C=O) groups is 1. The lowest BCUT2D eigenvalue weighted by atomic mass is 10.0. The maximum Gasteiger partial charge on any atom is 0.308 e. The summed E-state index contributed by atoms with van der Waals surface area (Å²) in [5.74, 6) is -1.76. The molecule has 0 fully saturated rings. The highest BCUT2D eigenvalue weighted by atomic mass is 19.1. The third kappa shape index (κ3) is 2.56. The number of tetrazole rings is 1. The van der Waals surface area contributed by atoms with Gasteiger partial charge in [0, 0.05) is 0 Å². The maximum atomic E-state index is 12.8. The van der Waals surface area contributed by atoms with E-state index in [0.717, 1.165) is 6.20 Å². The second kappa shape index (κ2) is 5.09. The van der Waals surface area contributed by atoms with Crippen LogP contribution in [-0.4, -0.2) is 36.3 Å². The predicted molar refractivity (Wildman–Crippen MR) is 62.5 cm³/mol. The lowest BCUT2D eigenvalue weighted by molar-refractivity contribution is -0.142. The number of aliphatic carboxylic acids is 1. The van der Waals surface area contributed by atoms with Crippen LogP contribution in [0.15, 0.2) is 18.3 Å². The number of hydrogen-bond acceptors (Lipinski definition) is 5. The lowest BCUT2D eigenvalue weighted by Gasteiger charge is -2.16. The molecule has 2 rings (SSSR count). The molecule has 0 saturated heterocycles. The molecule has 7 nitrogen and oxygen atoms in total. The predicted octanol–water partition coefficient (Wildman–Crippen LogP) is 1.16. The number of pyridine rings is 1. The number of carboxylic acids is 1. The summed E-state index contributed by atoms with van der Waals surface area (Å²) in [7, 11) is 0. The van der Waals surface area contributed by atoms with E-state index in [0.29, 0.717) is 11.5 Å². The summed E-state index contributed by atoms with van der Waals surface area (Å²) in [4.78, 5) is 14.9. The van der Waals surface area contributed by atoms with Crippen LogP contribution in [0.3, 0.4) is 0 Å². The summed E-state index contributed by atoms with van der Waals surface area (Å²) in [6.07, 6.45) is 1.06. The maximum absolute atomic E-state index is 12.8. The zero-order chi connectivity index (χ0) is 14.0. The van der Waals surface area contributed by atoms with Gasteiger partial charge in [-0.2, -0.15) is 0 Å². The molecule has 0 aliphatic heterocycles. The Morgan fingerprint density at radius 2 is 2.16 bits per heavy atom. The van der Waals surface area contributed by atoms with Crippen LogP contribution in [0.25, 0.3) is 11.5 Å². The van der Waals surface area contributed by atoms with E-state index < -0.39 is 23.7 Å². The van der Waals surface area contributed by atoms with Crippen molar-refractivity contribution in [3.8, 4) is 11.5 Å². The Kier molecular flexibility index (Phi) is 3.50. The molecule has 0 aliphatic carbocycles. The molecule has 0 amide bonds. The SMILES string of the molecule is CC(C(=O)O)C(C)n1nnnc1-c1ccc(F)cn1. The minimum Gasteiger partial charge on any atom is -0.481 e. The Hall–Kier alpha value is -2.38. The second-order valence-corrected chi connectivity index (χ2v) is 4.18. The summed E-state index contributed by atoms with van der Waals surface area (Å²) >= 11 is 0. The van der Waals surface area contributed by atoms with Crippen molar-refractivity contribution in [2.45, 2.75) is 19.9 Å². The quantitative estimate of drug-likeness (QED) is 0.891. The van der Waals surface area contributed by atoms with Crippen molar-refractivity contribution < 1.29 is 14.3 Å². The third-order valence-corrected chi connectivity index (χ3v) is 2.95. The van der Waals surface area contributed by atoms with Gasteiger partial charge in [-0.25, -0.2) is 14.1 Å². The number of nitrogens with zero attached hydrogens (tertiary/aromatic N) is 5. The van der Waals surface area contributed by atoms with Crippen LogP contribution in [0.5, 0.6) is 0 Å². The van der Waals surface area contributed by atoms with Crippen molar-refractivity contribution in [3.63, 3.8) is 0 Å². The van der Waals surface area contributed by atoms with Gasteiger partial charge in [-0.05, 0) is 36.4 Å². The molecule has 0 radical (unpaired) electrons. The lowest BCUT2D eigenvalue weighted by Crippen LogP contribution is -2.23. The number of carboxylic acid groups (broad SMARTS) is 1. The summed E-state index contributed by atoms with van der Waals surface area (Å²) in [6, 6.07) is 2.23. The van der Waals surface area contributed by atoms with E-state index in [2.05, 4.69) is 20.5 Å². The summed E-state index contributed by atoms with van der Waals surface area (Å²) < 4.78 is 14.2. The number of aromatic nitrogens is 5. The van der Waals surface area contributed by atoms with Crippen molar-refractivity contribution >= 4 is 5.97 Å². The molecule has 0 bridgehead atoms. The summed E-state index contributed by atoms with van der Waals surface area (Å²) in [6.45, 7) is 3.26. The zero-order valence-corrected chi connectivity index (χ0v) is 10.4. The van der Waals surface area contributed by atoms with Gasteiger partial charge in [-0.15, -0.1) is 5.10 Å². The molecule has 2 unspecified atom stereocenters. The van der Waals surface area contributed by atoms with E-state index in [4.69, 9.17) is 5.11 Å². The Morgan fingerprint density at radius 3 is 2.74 bits per heavy atom. The van der Waals surface area contributed by atoms with E-state index >= 15 is 0 Å². The highest BCUT2D eigenvalue weighted by molar-refractivity contribution is 5.70.